The molecular weight excluding hydrogens is 464 g/mol. The van der Waals surface area contributed by atoms with Crippen LogP contribution in [-0.4, -0.2) is 56.4 Å². The van der Waals surface area contributed by atoms with Crippen LogP contribution in [0.5, 0.6) is 0 Å². The van der Waals surface area contributed by atoms with E-state index < -0.39 is 5.82 Å². The van der Waals surface area contributed by atoms with E-state index in [0.29, 0.717) is 28.5 Å². The second-order valence-corrected chi connectivity index (χ2v) is 10.2. The third-order valence-electron chi connectivity index (χ3n) is 7.35. The third-order valence-corrected chi connectivity index (χ3v) is 7.35. The number of piperidine rings is 1. The molecule has 1 saturated heterocycles. The maximum atomic E-state index is 14.5. The fraction of sp³-hybridized carbons (Fsp3) is 0.423. The zero-order valence-corrected chi connectivity index (χ0v) is 20.4. The Balaban J connectivity index is 1.23. The first-order valence-corrected chi connectivity index (χ1v) is 12.4. The zero-order valence-electron chi connectivity index (χ0n) is 20.4. The summed E-state index contributed by atoms with van der Waals surface area (Å²) in [7, 11) is 1.83. The van der Waals surface area contributed by atoms with Crippen LogP contribution in [0.1, 0.15) is 41.7 Å². The number of aromatic nitrogens is 4. The Bertz CT molecular complexity index is 1460. The van der Waals surface area contributed by atoms with Crippen molar-refractivity contribution in [1.29, 1.82) is 0 Å². The highest BCUT2D eigenvalue weighted by Crippen LogP contribution is 2.38. The molecule has 0 atom stereocenters. The standard InChI is InChI=1S/C26H29F2N7O/c1-16-12-35-13-18(11-21(28)24(35)29-16)30-25(36)19-3-4-22(20-14-33(2)32-23(19)20)34-9-5-17(6-10-34)31-26(15-27)7-8-26/h3-4,11-14,17,31H,5-10,15H2,1-2H3,(H,30,36). The summed E-state index contributed by atoms with van der Waals surface area (Å²) in [6, 6.07) is 5.34. The lowest BCUT2D eigenvalue weighted by atomic mass is 10.0. The molecule has 1 amide bonds. The highest BCUT2D eigenvalue weighted by Gasteiger charge is 2.44. The van der Waals surface area contributed by atoms with E-state index in [1.165, 1.54) is 6.07 Å². The van der Waals surface area contributed by atoms with Crippen molar-refractivity contribution in [3.05, 3.63) is 53.9 Å². The van der Waals surface area contributed by atoms with Gasteiger partial charge in [-0.1, -0.05) is 0 Å². The van der Waals surface area contributed by atoms with Gasteiger partial charge in [-0.05, 0) is 44.7 Å². The SMILES string of the molecule is Cc1cn2cc(NC(=O)c3ccc(N4CCC(NC5(CF)CC5)CC4)c4cn(C)nc34)cc(F)c2n1. The molecule has 10 heteroatoms. The average Bonchev–Trinajstić information content (AvgIpc) is 3.34. The van der Waals surface area contributed by atoms with E-state index in [1.807, 2.05) is 19.3 Å². The van der Waals surface area contributed by atoms with Gasteiger partial charge in [0.2, 0.25) is 0 Å². The number of alkyl halides is 1. The van der Waals surface area contributed by atoms with E-state index in [2.05, 4.69) is 25.6 Å². The summed E-state index contributed by atoms with van der Waals surface area (Å²) in [6.07, 6.45) is 9.00. The van der Waals surface area contributed by atoms with E-state index in [9.17, 15) is 13.6 Å². The van der Waals surface area contributed by atoms with Crippen LogP contribution in [0.3, 0.4) is 0 Å². The summed E-state index contributed by atoms with van der Waals surface area (Å²) in [5, 5.41) is 11.8. The maximum absolute atomic E-state index is 14.5. The fourth-order valence-corrected chi connectivity index (χ4v) is 5.28. The predicted molar refractivity (Wildman–Crippen MR) is 135 cm³/mol. The summed E-state index contributed by atoms with van der Waals surface area (Å²) >= 11 is 0. The van der Waals surface area contributed by atoms with Crippen LogP contribution in [0, 0.1) is 12.7 Å². The molecule has 0 unspecified atom stereocenters. The first-order valence-electron chi connectivity index (χ1n) is 12.4. The van der Waals surface area contributed by atoms with Crippen LogP contribution in [0.2, 0.25) is 0 Å². The lowest BCUT2D eigenvalue weighted by molar-refractivity contribution is 0.102. The topological polar surface area (TPSA) is 79.5 Å². The van der Waals surface area contributed by atoms with Gasteiger partial charge in [0.15, 0.2) is 11.5 Å². The molecular formula is C26H29F2N7O. The van der Waals surface area contributed by atoms with Gasteiger partial charge in [0.25, 0.3) is 5.91 Å². The monoisotopic (exact) mass is 493 g/mol. The second-order valence-electron chi connectivity index (χ2n) is 10.2. The van der Waals surface area contributed by atoms with Gasteiger partial charge in [0, 0.05) is 67.4 Å². The van der Waals surface area contributed by atoms with Crippen LogP contribution in [0.4, 0.5) is 20.2 Å². The Morgan fingerprint density at radius 3 is 2.69 bits per heavy atom. The van der Waals surface area contributed by atoms with Crippen LogP contribution < -0.4 is 15.5 Å². The Labute approximate surface area is 207 Å². The third kappa shape index (κ3) is 4.09. The Morgan fingerprint density at radius 1 is 1.19 bits per heavy atom. The molecule has 1 saturated carbocycles. The van der Waals surface area contributed by atoms with Gasteiger partial charge >= 0.3 is 0 Å². The largest absolute Gasteiger partial charge is 0.371 e. The Morgan fingerprint density at radius 2 is 1.97 bits per heavy atom. The molecule has 3 aromatic heterocycles. The number of benzene rings is 1. The molecule has 1 aliphatic heterocycles. The normalized spacial score (nSPS) is 17.7. The first kappa shape index (κ1) is 22.9. The number of anilines is 2. The van der Waals surface area contributed by atoms with E-state index >= 15 is 0 Å². The highest BCUT2D eigenvalue weighted by atomic mass is 19.1. The molecule has 1 aromatic carbocycles. The number of nitrogens with zero attached hydrogens (tertiary/aromatic N) is 5. The quantitative estimate of drug-likeness (QED) is 0.425. The van der Waals surface area contributed by atoms with Crippen molar-refractivity contribution in [2.45, 2.75) is 44.2 Å². The predicted octanol–water partition coefficient (Wildman–Crippen LogP) is 3.98. The van der Waals surface area contributed by atoms with Crippen LogP contribution in [0.25, 0.3) is 16.6 Å². The smallest absolute Gasteiger partial charge is 0.257 e. The number of rotatable bonds is 6. The average molecular weight is 494 g/mol. The van der Waals surface area contributed by atoms with Crippen molar-refractivity contribution in [2.24, 2.45) is 7.05 Å². The molecule has 6 rings (SSSR count). The summed E-state index contributed by atoms with van der Waals surface area (Å²) in [4.78, 5) is 19.7. The van der Waals surface area contributed by atoms with Crippen LogP contribution in [0.15, 0.2) is 36.8 Å². The molecule has 2 fully saturated rings. The van der Waals surface area contributed by atoms with Gasteiger partial charge in [-0.3, -0.25) is 9.48 Å². The van der Waals surface area contributed by atoms with Crippen molar-refractivity contribution in [1.82, 2.24) is 24.5 Å². The number of pyridine rings is 1. The molecule has 4 heterocycles. The molecule has 2 N–H and O–H groups in total. The van der Waals surface area contributed by atoms with Crippen molar-refractivity contribution in [3.63, 3.8) is 0 Å². The van der Waals surface area contributed by atoms with Gasteiger partial charge in [-0.25, -0.2) is 13.8 Å². The molecule has 1 aliphatic carbocycles. The van der Waals surface area contributed by atoms with Crippen LogP contribution >= 0.6 is 0 Å². The van der Waals surface area contributed by atoms with Gasteiger partial charge in [-0.2, -0.15) is 5.10 Å². The van der Waals surface area contributed by atoms with Crippen molar-refractivity contribution in [3.8, 4) is 0 Å². The number of imidazole rings is 1. The van der Waals surface area contributed by atoms with Crippen LogP contribution in [-0.2, 0) is 7.05 Å². The molecule has 36 heavy (non-hydrogen) atoms. The van der Waals surface area contributed by atoms with Gasteiger partial charge in [0.05, 0.1) is 16.9 Å². The molecule has 8 nitrogen and oxygen atoms in total. The number of halogens is 2. The minimum absolute atomic E-state index is 0.220. The molecule has 2 aliphatic rings. The number of hydrogen-bond acceptors (Lipinski definition) is 5. The van der Waals surface area contributed by atoms with Gasteiger partial charge < -0.3 is 19.9 Å². The number of fused-ring (bicyclic) bond motifs is 2. The Kier molecular flexibility index (Phi) is 5.44. The zero-order chi connectivity index (χ0) is 25.0. The van der Waals surface area contributed by atoms with Crippen molar-refractivity contribution >= 4 is 33.8 Å². The Hall–Kier alpha value is -3.53. The number of carbonyl (C=O) groups excluding carboxylic acids is 1. The van der Waals surface area contributed by atoms with Crippen molar-refractivity contribution in [2.75, 3.05) is 30.0 Å². The van der Waals surface area contributed by atoms with Gasteiger partial charge in [0.1, 0.15) is 12.2 Å². The molecule has 188 valence electrons. The highest BCUT2D eigenvalue weighted by molar-refractivity contribution is 6.13. The molecule has 0 spiro atoms. The number of amides is 1. The lowest BCUT2D eigenvalue weighted by Crippen LogP contribution is -2.48. The molecule has 4 aromatic rings. The summed E-state index contributed by atoms with van der Waals surface area (Å²) in [6.45, 7) is 3.19. The van der Waals surface area contributed by atoms with E-state index in [0.717, 1.165) is 49.8 Å². The second kappa shape index (κ2) is 8.55. The van der Waals surface area contributed by atoms with E-state index in [4.69, 9.17) is 0 Å². The lowest BCUT2D eigenvalue weighted by Gasteiger charge is -2.36. The van der Waals surface area contributed by atoms with E-state index in [1.54, 1.807) is 34.5 Å². The number of aryl methyl sites for hydroxylation is 2. The maximum Gasteiger partial charge on any atom is 0.257 e. The summed E-state index contributed by atoms with van der Waals surface area (Å²) < 4.78 is 31.1. The minimum Gasteiger partial charge on any atom is -0.371 e. The fourth-order valence-electron chi connectivity index (χ4n) is 5.28. The minimum atomic E-state index is -0.503. The summed E-state index contributed by atoms with van der Waals surface area (Å²) in [5.41, 5.74) is 3.03. The number of nitrogens with one attached hydrogen (secondary N) is 2. The van der Waals surface area contributed by atoms with E-state index in [-0.39, 0.29) is 23.8 Å². The van der Waals surface area contributed by atoms with Crippen molar-refractivity contribution < 1.29 is 13.6 Å². The summed E-state index contributed by atoms with van der Waals surface area (Å²) in [5.74, 6) is -0.860. The molecule has 0 radical (unpaired) electrons. The molecule has 0 bridgehead atoms. The number of hydrogen-bond donors (Lipinski definition) is 2. The first-order chi connectivity index (χ1) is 17.3. The van der Waals surface area contributed by atoms with Gasteiger partial charge in [-0.15, -0.1) is 0 Å². The number of carbonyl (C=O) groups is 1.